The highest BCUT2D eigenvalue weighted by molar-refractivity contribution is 6.29. The minimum absolute atomic E-state index is 0.545. The summed E-state index contributed by atoms with van der Waals surface area (Å²) in [5.41, 5.74) is 1.13. The van der Waals surface area contributed by atoms with E-state index in [2.05, 4.69) is 9.88 Å². The van der Waals surface area contributed by atoms with Crippen LogP contribution in [0.25, 0.3) is 0 Å². The van der Waals surface area contributed by atoms with Crippen LogP contribution in [0.15, 0.2) is 18.3 Å². The van der Waals surface area contributed by atoms with E-state index in [0.717, 1.165) is 32.0 Å². The molecule has 0 spiro atoms. The van der Waals surface area contributed by atoms with Gasteiger partial charge in [-0.3, -0.25) is 0 Å². The Hall–Kier alpha value is -0.800. The summed E-state index contributed by atoms with van der Waals surface area (Å²) in [6.07, 6.45) is 1.73. The number of nitrogens with zero attached hydrogens (tertiary/aromatic N) is 2. The number of rotatable bonds is 1. The van der Waals surface area contributed by atoms with Crippen LogP contribution in [0, 0.1) is 0 Å². The smallest absolute Gasteiger partial charge is 0.131 e. The van der Waals surface area contributed by atoms with Gasteiger partial charge < -0.3 is 9.64 Å². The predicted molar refractivity (Wildman–Crippen MR) is 63.6 cm³/mol. The summed E-state index contributed by atoms with van der Waals surface area (Å²) in [6, 6.07) is 3.85. The van der Waals surface area contributed by atoms with Crippen LogP contribution in [-0.2, 0) is 4.74 Å². The van der Waals surface area contributed by atoms with Crippen LogP contribution in [0.2, 0.25) is 5.15 Å². The second-order valence-corrected chi connectivity index (χ2v) is 3.32. The first-order valence-corrected chi connectivity index (χ1v) is 5.68. The van der Waals surface area contributed by atoms with Crippen LogP contribution < -0.4 is 4.90 Å². The first kappa shape index (κ1) is 12.3. The second-order valence-electron chi connectivity index (χ2n) is 2.94. The Kier molecular flexibility index (Phi) is 5.43. The molecule has 0 atom stereocenters. The molecule has 2 rings (SSSR count). The van der Waals surface area contributed by atoms with Crippen LogP contribution >= 0.6 is 11.6 Å². The minimum atomic E-state index is 0.545. The summed E-state index contributed by atoms with van der Waals surface area (Å²) >= 11 is 5.80. The molecule has 1 saturated heterocycles. The molecule has 0 bridgehead atoms. The third-order valence-electron chi connectivity index (χ3n) is 2.09. The molecule has 0 N–H and O–H groups in total. The molecule has 0 aliphatic carbocycles. The Balaban J connectivity index is 0.000000531. The lowest BCUT2D eigenvalue weighted by Crippen LogP contribution is -2.36. The molecule has 1 aliphatic rings. The van der Waals surface area contributed by atoms with E-state index in [-0.39, 0.29) is 0 Å². The monoisotopic (exact) mass is 228 g/mol. The van der Waals surface area contributed by atoms with E-state index in [1.165, 1.54) is 0 Å². The van der Waals surface area contributed by atoms with Gasteiger partial charge in [-0.05, 0) is 12.1 Å². The lowest BCUT2D eigenvalue weighted by molar-refractivity contribution is 0.122. The lowest BCUT2D eigenvalue weighted by atomic mass is 10.3. The van der Waals surface area contributed by atoms with Crippen molar-refractivity contribution >= 4 is 17.3 Å². The van der Waals surface area contributed by atoms with Gasteiger partial charge in [-0.15, -0.1) is 0 Å². The average Bonchev–Trinajstić information content (AvgIpc) is 2.33. The zero-order chi connectivity index (χ0) is 11.1. The molecule has 1 fully saturated rings. The Morgan fingerprint density at radius 3 is 2.60 bits per heavy atom. The molecule has 1 aromatic rings. The Labute approximate surface area is 96.0 Å². The van der Waals surface area contributed by atoms with Crippen molar-refractivity contribution in [2.45, 2.75) is 13.8 Å². The molecule has 0 aromatic carbocycles. The maximum Gasteiger partial charge on any atom is 0.131 e. The van der Waals surface area contributed by atoms with Crippen molar-refractivity contribution in [1.29, 1.82) is 0 Å². The van der Waals surface area contributed by atoms with Gasteiger partial charge in [0.05, 0.1) is 13.2 Å². The average molecular weight is 229 g/mol. The number of morpholine rings is 1. The fourth-order valence-corrected chi connectivity index (χ4v) is 1.58. The van der Waals surface area contributed by atoms with Gasteiger partial charge in [0.15, 0.2) is 0 Å². The number of aromatic nitrogens is 1. The Morgan fingerprint density at radius 1 is 1.33 bits per heavy atom. The van der Waals surface area contributed by atoms with E-state index in [1.54, 1.807) is 6.20 Å². The van der Waals surface area contributed by atoms with E-state index >= 15 is 0 Å². The highest BCUT2D eigenvalue weighted by Crippen LogP contribution is 2.17. The molecule has 0 saturated carbocycles. The number of pyridine rings is 1. The van der Waals surface area contributed by atoms with Crippen LogP contribution in [0.5, 0.6) is 0 Å². The third kappa shape index (κ3) is 3.68. The molecule has 2 heterocycles. The van der Waals surface area contributed by atoms with E-state index < -0.39 is 0 Å². The maximum atomic E-state index is 5.80. The molecule has 4 heteroatoms. The van der Waals surface area contributed by atoms with Gasteiger partial charge in [0.2, 0.25) is 0 Å². The SMILES string of the molecule is CC.Clc1cc(N2CCOCC2)ccn1. The first-order chi connectivity index (χ1) is 7.36. The van der Waals surface area contributed by atoms with Crippen molar-refractivity contribution in [3.63, 3.8) is 0 Å². The van der Waals surface area contributed by atoms with E-state index in [9.17, 15) is 0 Å². The van der Waals surface area contributed by atoms with Crippen molar-refractivity contribution in [3.8, 4) is 0 Å². The summed E-state index contributed by atoms with van der Waals surface area (Å²) in [4.78, 5) is 6.19. The molecule has 84 valence electrons. The van der Waals surface area contributed by atoms with Crippen molar-refractivity contribution in [3.05, 3.63) is 23.5 Å². The zero-order valence-electron chi connectivity index (χ0n) is 9.24. The second kappa shape index (κ2) is 6.64. The van der Waals surface area contributed by atoms with Crippen molar-refractivity contribution in [1.82, 2.24) is 4.98 Å². The molecule has 3 nitrogen and oxygen atoms in total. The number of halogens is 1. The van der Waals surface area contributed by atoms with Gasteiger partial charge in [-0.2, -0.15) is 0 Å². The lowest BCUT2D eigenvalue weighted by Gasteiger charge is -2.28. The minimum Gasteiger partial charge on any atom is -0.378 e. The summed E-state index contributed by atoms with van der Waals surface area (Å²) in [7, 11) is 0. The van der Waals surface area contributed by atoms with Gasteiger partial charge >= 0.3 is 0 Å². The molecule has 1 aliphatic heterocycles. The summed E-state index contributed by atoms with van der Waals surface area (Å²) in [6.45, 7) is 7.45. The van der Waals surface area contributed by atoms with Crippen molar-refractivity contribution in [2.24, 2.45) is 0 Å². The fraction of sp³-hybridized carbons (Fsp3) is 0.545. The third-order valence-corrected chi connectivity index (χ3v) is 2.29. The summed E-state index contributed by atoms with van der Waals surface area (Å²) in [5, 5.41) is 0.545. The fourth-order valence-electron chi connectivity index (χ4n) is 1.41. The quantitative estimate of drug-likeness (QED) is 0.691. The summed E-state index contributed by atoms with van der Waals surface area (Å²) < 4.78 is 5.26. The number of ether oxygens (including phenoxy) is 1. The highest BCUT2D eigenvalue weighted by Gasteiger charge is 2.10. The van der Waals surface area contributed by atoms with Crippen LogP contribution in [0.4, 0.5) is 5.69 Å². The topological polar surface area (TPSA) is 25.4 Å². The predicted octanol–water partition coefficient (Wildman–Crippen LogP) is 2.60. The van der Waals surface area contributed by atoms with Crippen LogP contribution in [0.1, 0.15) is 13.8 Å². The molecule has 15 heavy (non-hydrogen) atoms. The maximum absolute atomic E-state index is 5.80. The number of hydrogen-bond acceptors (Lipinski definition) is 3. The van der Waals surface area contributed by atoms with Crippen LogP contribution in [-0.4, -0.2) is 31.3 Å². The van der Waals surface area contributed by atoms with Gasteiger partial charge in [0.25, 0.3) is 0 Å². The normalized spacial score (nSPS) is 15.5. The van der Waals surface area contributed by atoms with Gasteiger partial charge in [0, 0.05) is 25.0 Å². The molecular weight excluding hydrogens is 212 g/mol. The Morgan fingerprint density at radius 2 is 2.00 bits per heavy atom. The van der Waals surface area contributed by atoms with Gasteiger partial charge in [-0.25, -0.2) is 4.98 Å². The molecular formula is C11H17ClN2O. The molecule has 1 aromatic heterocycles. The van der Waals surface area contributed by atoms with E-state index in [4.69, 9.17) is 16.3 Å². The van der Waals surface area contributed by atoms with E-state index in [0.29, 0.717) is 5.15 Å². The highest BCUT2D eigenvalue weighted by atomic mass is 35.5. The number of anilines is 1. The standard InChI is InChI=1S/C9H11ClN2O.C2H6/c10-9-7-8(1-2-11-9)12-3-5-13-6-4-12;1-2/h1-2,7H,3-6H2;1-2H3. The number of hydrogen-bond donors (Lipinski definition) is 0. The largest absolute Gasteiger partial charge is 0.378 e. The molecule has 0 unspecified atom stereocenters. The van der Waals surface area contributed by atoms with Crippen molar-refractivity contribution < 1.29 is 4.74 Å². The van der Waals surface area contributed by atoms with Crippen LogP contribution in [0.3, 0.4) is 0 Å². The molecule has 0 radical (unpaired) electrons. The van der Waals surface area contributed by atoms with Crippen molar-refractivity contribution in [2.75, 3.05) is 31.2 Å². The summed E-state index contributed by atoms with van der Waals surface area (Å²) in [5.74, 6) is 0. The van der Waals surface area contributed by atoms with Gasteiger partial charge in [0.1, 0.15) is 5.15 Å². The first-order valence-electron chi connectivity index (χ1n) is 5.30. The van der Waals surface area contributed by atoms with E-state index in [1.807, 2.05) is 26.0 Å². The Bertz CT molecular complexity index is 288. The zero-order valence-corrected chi connectivity index (χ0v) is 10.00. The van der Waals surface area contributed by atoms with Gasteiger partial charge in [-0.1, -0.05) is 25.4 Å². The molecule has 0 amide bonds.